The Hall–Kier alpha value is -1.94. The Kier molecular flexibility index (Phi) is 6.15. The van der Waals surface area contributed by atoms with Gasteiger partial charge in [0.15, 0.2) is 0 Å². The van der Waals surface area contributed by atoms with Crippen molar-refractivity contribution in [1.29, 1.82) is 0 Å². The van der Waals surface area contributed by atoms with Crippen molar-refractivity contribution in [2.24, 2.45) is 0 Å². The molecular weight excluding hydrogens is 427 g/mol. The standard InChI is InChI=1S/C21H23FN2O4S2/c1-14-5-6-15(13-19(14)30(26,27)24-8-10-28-11-9-24)21(25)23-18-7-12-29-20-16(18)3-2-4-17(20)22/h2-6,13,18H,7-12H2,1H3,(H,23,25)/t18-/m1/s1. The summed E-state index contributed by atoms with van der Waals surface area (Å²) in [5.74, 6) is 0.0369. The number of hydrogen-bond donors (Lipinski definition) is 1. The minimum Gasteiger partial charge on any atom is -0.379 e. The first-order chi connectivity index (χ1) is 14.4. The number of amides is 1. The van der Waals surface area contributed by atoms with E-state index in [1.54, 1.807) is 25.1 Å². The van der Waals surface area contributed by atoms with Crippen LogP contribution in [-0.4, -0.2) is 50.7 Å². The minimum absolute atomic E-state index is 0.127. The minimum atomic E-state index is -3.72. The summed E-state index contributed by atoms with van der Waals surface area (Å²) in [5.41, 5.74) is 1.61. The highest BCUT2D eigenvalue weighted by molar-refractivity contribution is 7.99. The molecule has 6 nitrogen and oxygen atoms in total. The second-order valence-electron chi connectivity index (χ2n) is 7.32. The largest absolute Gasteiger partial charge is 0.379 e. The van der Waals surface area contributed by atoms with Gasteiger partial charge < -0.3 is 10.1 Å². The van der Waals surface area contributed by atoms with Gasteiger partial charge in [0.2, 0.25) is 10.0 Å². The van der Waals surface area contributed by atoms with Crippen LogP contribution in [0.4, 0.5) is 4.39 Å². The monoisotopic (exact) mass is 450 g/mol. The summed E-state index contributed by atoms with van der Waals surface area (Å²) in [6, 6.07) is 9.25. The van der Waals surface area contributed by atoms with E-state index >= 15 is 0 Å². The number of rotatable bonds is 4. The van der Waals surface area contributed by atoms with Gasteiger partial charge in [0.05, 0.1) is 24.2 Å². The van der Waals surface area contributed by atoms with Crippen LogP contribution in [0, 0.1) is 12.7 Å². The number of aryl methyl sites for hydroxylation is 1. The van der Waals surface area contributed by atoms with Crippen LogP contribution < -0.4 is 5.32 Å². The number of benzene rings is 2. The second kappa shape index (κ2) is 8.66. The van der Waals surface area contributed by atoms with Crippen LogP contribution in [-0.2, 0) is 14.8 Å². The van der Waals surface area contributed by atoms with Crippen LogP contribution in [0.15, 0.2) is 46.2 Å². The van der Waals surface area contributed by atoms with Crippen molar-refractivity contribution in [3.8, 4) is 0 Å². The van der Waals surface area contributed by atoms with Crippen molar-refractivity contribution < 1.29 is 22.3 Å². The molecule has 0 bridgehead atoms. The van der Waals surface area contributed by atoms with Gasteiger partial charge in [0.25, 0.3) is 5.91 Å². The Morgan fingerprint density at radius 3 is 2.77 bits per heavy atom. The summed E-state index contributed by atoms with van der Waals surface area (Å²) in [6.45, 7) is 3.01. The number of thioether (sulfide) groups is 1. The fourth-order valence-corrected chi connectivity index (χ4v) is 6.52. The summed E-state index contributed by atoms with van der Waals surface area (Å²) in [5, 5.41) is 2.95. The summed E-state index contributed by atoms with van der Waals surface area (Å²) in [6.07, 6.45) is 0.678. The average molecular weight is 451 g/mol. The fraction of sp³-hybridized carbons (Fsp3) is 0.381. The van der Waals surface area contributed by atoms with Gasteiger partial charge in [-0.15, -0.1) is 11.8 Å². The van der Waals surface area contributed by atoms with Crippen molar-refractivity contribution in [3.63, 3.8) is 0 Å². The van der Waals surface area contributed by atoms with E-state index in [0.717, 1.165) is 5.56 Å². The highest BCUT2D eigenvalue weighted by Gasteiger charge is 2.29. The van der Waals surface area contributed by atoms with Gasteiger partial charge in [-0.25, -0.2) is 12.8 Å². The third-order valence-electron chi connectivity index (χ3n) is 5.37. The summed E-state index contributed by atoms with van der Waals surface area (Å²) < 4.78 is 46.9. The van der Waals surface area contributed by atoms with Crippen LogP contribution in [0.1, 0.15) is 33.9 Å². The summed E-state index contributed by atoms with van der Waals surface area (Å²) in [7, 11) is -3.72. The Labute approximate surface area is 179 Å². The van der Waals surface area contributed by atoms with Crippen molar-refractivity contribution in [2.45, 2.75) is 29.2 Å². The number of nitrogens with one attached hydrogen (secondary N) is 1. The number of halogens is 1. The van der Waals surface area contributed by atoms with E-state index in [4.69, 9.17) is 4.74 Å². The maximum atomic E-state index is 14.1. The molecule has 1 fully saturated rings. The lowest BCUT2D eigenvalue weighted by Crippen LogP contribution is -2.41. The zero-order valence-electron chi connectivity index (χ0n) is 16.6. The predicted molar refractivity (Wildman–Crippen MR) is 113 cm³/mol. The molecule has 30 heavy (non-hydrogen) atoms. The van der Waals surface area contributed by atoms with Gasteiger partial charge >= 0.3 is 0 Å². The third-order valence-corrected chi connectivity index (χ3v) is 8.57. The normalized spacial score (nSPS) is 19.9. The van der Waals surface area contributed by atoms with Crippen molar-refractivity contribution in [1.82, 2.24) is 9.62 Å². The molecular formula is C21H23FN2O4S2. The number of fused-ring (bicyclic) bond motifs is 1. The first-order valence-electron chi connectivity index (χ1n) is 9.78. The second-order valence-corrected chi connectivity index (χ2v) is 10.3. The molecule has 1 atom stereocenters. The first kappa shape index (κ1) is 21.3. The Morgan fingerprint density at radius 2 is 2.00 bits per heavy atom. The molecule has 160 valence electrons. The average Bonchev–Trinajstić information content (AvgIpc) is 2.75. The molecule has 0 aliphatic carbocycles. The van der Waals surface area contributed by atoms with Crippen molar-refractivity contribution in [2.75, 3.05) is 32.1 Å². The highest BCUT2D eigenvalue weighted by atomic mass is 32.2. The molecule has 0 aromatic heterocycles. The molecule has 2 heterocycles. The van der Waals surface area contributed by atoms with E-state index in [0.29, 0.717) is 48.9 Å². The number of nitrogens with zero attached hydrogens (tertiary/aromatic N) is 1. The maximum Gasteiger partial charge on any atom is 0.251 e. The van der Waals surface area contributed by atoms with E-state index in [1.807, 2.05) is 6.07 Å². The zero-order chi connectivity index (χ0) is 21.3. The molecule has 2 aliphatic rings. The van der Waals surface area contributed by atoms with Gasteiger partial charge in [-0.05, 0) is 42.7 Å². The number of carbonyl (C=O) groups is 1. The molecule has 0 radical (unpaired) electrons. The van der Waals surface area contributed by atoms with Crippen LogP contribution in [0.25, 0.3) is 0 Å². The van der Waals surface area contributed by atoms with Crippen molar-refractivity contribution >= 4 is 27.7 Å². The predicted octanol–water partition coefficient (Wildman–Crippen LogP) is 3.12. The number of carbonyl (C=O) groups excluding carboxylic acids is 1. The Bertz CT molecular complexity index is 1070. The third kappa shape index (κ3) is 4.12. The molecule has 2 aliphatic heterocycles. The highest BCUT2D eigenvalue weighted by Crippen LogP contribution is 2.37. The number of hydrogen-bond acceptors (Lipinski definition) is 5. The van der Waals surface area contributed by atoms with E-state index in [2.05, 4.69) is 5.32 Å². The van der Waals surface area contributed by atoms with E-state index in [-0.39, 0.29) is 28.2 Å². The molecule has 4 rings (SSSR count). The van der Waals surface area contributed by atoms with E-state index in [9.17, 15) is 17.6 Å². The van der Waals surface area contributed by atoms with Crippen LogP contribution in [0.2, 0.25) is 0 Å². The van der Waals surface area contributed by atoms with Gasteiger partial charge in [-0.2, -0.15) is 4.31 Å². The summed E-state index contributed by atoms with van der Waals surface area (Å²) >= 11 is 1.44. The van der Waals surface area contributed by atoms with Gasteiger partial charge in [-0.1, -0.05) is 18.2 Å². The lowest BCUT2D eigenvalue weighted by atomic mass is 10.0. The lowest BCUT2D eigenvalue weighted by Gasteiger charge is -2.27. The zero-order valence-corrected chi connectivity index (χ0v) is 18.2. The molecule has 0 saturated carbocycles. The smallest absolute Gasteiger partial charge is 0.251 e. The fourth-order valence-electron chi connectivity index (χ4n) is 3.72. The first-order valence-corrected chi connectivity index (χ1v) is 12.2. The van der Waals surface area contributed by atoms with Crippen LogP contribution in [0.3, 0.4) is 0 Å². The van der Waals surface area contributed by atoms with Crippen molar-refractivity contribution in [3.05, 3.63) is 58.9 Å². The molecule has 1 saturated heterocycles. The maximum absolute atomic E-state index is 14.1. The SMILES string of the molecule is Cc1ccc(C(=O)N[C@@H]2CCSc3c(F)cccc32)cc1S(=O)(=O)N1CCOCC1. The van der Waals surface area contributed by atoms with E-state index < -0.39 is 10.0 Å². The quantitative estimate of drug-likeness (QED) is 0.775. The summed E-state index contributed by atoms with van der Waals surface area (Å²) in [4.78, 5) is 13.6. The van der Waals surface area contributed by atoms with E-state index in [1.165, 1.54) is 28.2 Å². The molecule has 2 aromatic carbocycles. The molecule has 2 aromatic rings. The lowest BCUT2D eigenvalue weighted by molar-refractivity contribution is 0.0730. The molecule has 1 N–H and O–H groups in total. The Balaban J connectivity index is 1.59. The number of morpholine rings is 1. The van der Waals surface area contributed by atoms with Crippen LogP contribution in [0.5, 0.6) is 0 Å². The molecule has 1 amide bonds. The molecule has 9 heteroatoms. The number of ether oxygens (including phenoxy) is 1. The van der Waals surface area contributed by atoms with Gasteiger partial charge in [0, 0.05) is 29.3 Å². The van der Waals surface area contributed by atoms with Gasteiger partial charge in [0.1, 0.15) is 5.82 Å². The van der Waals surface area contributed by atoms with Gasteiger partial charge in [-0.3, -0.25) is 4.79 Å². The molecule has 0 unspecified atom stereocenters. The topological polar surface area (TPSA) is 75.7 Å². The Morgan fingerprint density at radius 1 is 1.23 bits per heavy atom. The molecule has 0 spiro atoms. The number of sulfonamides is 1. The van der Waals surface area contributed by atoms with Crippen LogP contribution >= 0.6 is 11.8 Å².